The van der Waals surface area contributed by atoms with E-state index in [-0.39, 0.29) is 4.90 Å². The average Bonchev–Trinajstić information content (AvgIpc) is 2.94. The summed E-state index contributed by atoms with van der Waals surface area (Å²) in [6.07, 6.45) is 0.953. The number of nitrogens with zero attached hydrogens (tertiary/aromatic N) is 1. The normalized spacial score (nSPS) is 12.4. The monoisotopic (exact) mass is 342 g/mol. The molecule has 2 rings (SSSR count). The van der Waals surface area contributed by atoms with E-state index in [9.17, 15) is 8.42 Å². The number of sulfonamides is 1. The van der Waals surface area contributed by atoms with Crippen molar-refractivity contribution in [1.29, 1.82) is 0 Å². The molecule has 0 atom stereocenters. The highest BCUT2D eigenvalue weighted by Gasteiger charge is 2.13. The Morgan fingerprint density at radius 1 is 1.24 bits per heavy atom. The van der Waals surface area contributed by atoms with Crippen molar-refractivity contribution in [2.75, 3.05) is 0 Å². The van der Waals surface area contributed by atoms with Gasteiger partial charge in [-0.2, -0.15) is 18.4 Å². The standard InChI is InChI=1S/C14H15ClN2O2S2/c1-3-12-6-9-14(20-12)10(2)16-17-21(18,19)13-7-4-11(15)5-8-13/h4-9,17H,3H2,1-2H3/b16-10-. The van der Waals surface area contributed by atoms with Gasteiger partial charge >= 0.3 is 0 Å². The molecule has 0 amide bonds. The predicted octanol–water partition coefficient (Wildman–Crippen LogP) is 3.67. The van der Waals surface area contributed by atoms with Gasteiger partial charge in [0.25, 0.3) is 10.0 Å². The summed E-state index contributed by atoms with van der Waals surface area (Å²) >= 11 is 7.35. The molecular formula is C14H15ClN2O2S2. The van der Waals surface area contributed by atoms with Crippen molar-refractivity contribution in [3.05, 3.63) is 51.2 Å². The zero-order valence-corrected chi connectivity index (χ0v) is 14.0. The highest BCUT2D eigenvalue weighted by atomic mass is 35.5. The summed E-state index contributed by atoms with van der Waals surface area (Å²) in [4.78, 5) is 4.56. The van der Waals surface area contributed by atoms with Crippen LogP contribution in [0.3, 0.4) is 0 Å². The first-order valence-corrected chi connectivity index (χ1v) is 9.01. The van der Waals surface area contributed by atoms with E-state index in [2.05, 4.69) is 16.9 Å². The van der Waals surface area contributed by atoms with Crippen LogP contribution in [0.2, 0.25) is 5.02 Å². The Hall–Kier alpha value is -1.37. The Labute approximate surface area is 133 Å². The van der Waals surface area contributed by atoms with Crippen molar-refractivity contribution < 1.29 is 8.42 Å². The fourth-order valence-corrected chi connectivity index (χ4v) is 3.49. The molecule has 0 bridgehead atoms. The summed E-state index contributed by atoms with van der Waals surface area (Å²) in [7, 11) is -3.67. The molecule has 1 aromatic heterocycles. The Morgan fingerprint density at radius 3 is 2.48 bits per heavy atom. The lowest BCUT2D eigenvalue weighted by Gasteiger charge is -2.04. The molecule has 7 heteroatoms. The van der Waals surface area contributed by atoms with Gasteiger partial charge in [0.2, 0.25) is 0 Å². The van der Waals surface area contributed by atoms with Gasteiger partial charge < -0.3 is 0 Å². The molecule has 0 aliphatic carbocycles. The van der Waals surface area contributed by atoms with E-state index in [4.69, 9.17) is 11.6 Å². The van der Waals surface area contributed by atoms with Crippen LogP contribution < -0.4 is 4.83 Å². The Morgan fingerprint density at radius 2 is 1.90 bits per heavy atom. The van der Waals surface area contributed by atoms with Crippen molar-refractivity contribution in [3.63, 3.8) is 0 Å². The molecule has 4 nitrogen and oxygen atoms in total. The minimum absolute atomic E-state index is 0.129. The maximum Gasteiger partial charge on any atom is 0.276 e. The van der Waals surface area contributed by atoms with E-state index in [1.807, 2.05) is 12.1 Å². The molecule has 0 aliphatic heterocycles. The van der Waals surface area contributed by atoms with Crippen LogP contribution in [-0.4, -0.2) is 14.1 Å². The van der Waals surface area contributed by atoms with E-state index in [1.165, 1.54) is 29.1 Å². The summed E-state index contributed by atoms with van der Waals surface area (Å²) in [5, 5.41) is 4.45. The molecule has 21 heavy (non-hydrogen) atoms. The van der Waals surface area contributed by atoms with Crippen LogP contribution in [0.4, 0.5) is 0 Å². The maximum absolute atomic E-state index is 12.1. The first kappa shape index (κ1) is 16.0. The summed E-state index contributed by atoms with van der Waals surface area (Å²) < 4.78 is 24.2. The molecule has 0 aliphatic rings. The maximum atomic E-state index is 12.1. The molecule has 112 valence electrons. The Kier molecular flexibility index (Phi) is 5.03. The first-order valence-electron chi connectivity index (χ1n) is 6.33. The lowest BCUT2D eigenvalue weighted by Crippen LogP contribution is -2.19. The van der Waals surface area contributed by atoms with Crippen LogP contribution >= 0.6 is 22.9 Å². The van der Waals surface area contributed by atoms with E-state index in [0.717, 1.165) is 11.3 Å². The van der Waals surface area contributed by atoms with E-state index >= 15 is 0 Å². The van der Waals surface area contributed by atoms with Crippen molar-refractivity contribution in [2.24, 2.45) is 5.10 Å². The van der Waals surface area contributed by atoms with E-state index < -0.39 is 10.0 Å². The van der Waals surface area contributed by atoms with E-state index in [1.54, 1.807) is 18.3 Å². The first-order chi connectivity index (χ1) is 9.92. The number of halogens is 1. The minimum atomic E-state index is -3.67. The predicted molar refractivity (Wildman–Crippen MR) is 87.7 cm³/mol. The number of thiophene rings is 1. The van der Waals surface area contributed by atoms with Crippen molar-refractivity contribution in [2.45, 2.75) is 25.2 Å². The fourth-order valence-electron chi connectivity index (χ4n) is 1.61. The van der Waals surface area contributed by atoms with Gasteiger partial charge in [0, 0.05) is 9.90 Å². The van der Waals surface area contributed by atoms with Crippen LogP contribution in [0.25, 0.3) is 0 Å². The van der Waals surface area contributed by atoms with E-state index in [0.29, 0.717) is 10.7 Å². The molecular weight excluding hydrogens is 328 g/mol. The van der Waals surface area contributed by atoms with Crippen molar-refractivity contribution in [3.8, 4) is 0 Å². The number of hydrogen-bond donors (Lipinski definition) is 1. The summed E-state index contributed by atoms with van der Waals surface area (Å²) in [5.74, 6) is 0. The van der Waals surface area contributed by atoms with Crippen LogP contribution in [0.1, 0.15) is 23.6 Å². The van der Waals surface area contributed by atoms with Gasteiger partial charge in [0.05, 0.1) is 15.5 Å². The van der Waals surface area contributed by atoms with Gasteiger partial charge in [0.1, 0.15) is 0 Å². The third-order valence-corrected chi connectivity index (χ3v) is 5.64. The SMILES string of the molecule is CCc1ccc(/C(C)=N\NS(=O)(=O)c2ccc(Cl)cc2)s1. The molecule has 1 heterocycles. The average molecular weight is 343 g/mol. The van der Waals surface area contributed by atoms with Gasteiger partial charge in [-0.15, -0.1) is 11.3 Å². The fraction of sp³-hybridized carbons (Fsp3) is 0.214. The van der Waals surface area contributed by atoms with Gasteiger partial charge in [-0.1, -0.05) is 18.5 Å². The molecule has 1 aromatic carbocycles. The number of hydrazone groups is 1. The number of hydrogen-bond acceptors (Lipinski definition) is 4. The number of rotatable bonds is 5. The second-order valence-corrected chi connectivity index (χ2v) is 7.63. The van der Waals surface area contributed by atoms with Gasteiger partial charge in [-0.3, -0.25) is 0 Å². The zero-order valence-electron chi connectivity index (χ0n) is 11.6. The van der Waals surface area contributed by atoms with Crippen LogP contribution in [-0.2, 0) is 16.4 Å². The number of aryl methyl sites for hydroxylation is 1. The lowest BCUT2D eigenvalue weighted by molar-refractivity contribution is 0.584. The summed E-state index contributed by atoms with van der Waals surface area (Å²) in [6.45, 7) is 3.85. The van der Waals surface area contributed by atoms with Crippen LogP contribution in [0, 0.1) is 0 Å². The third kappa shape index (κ3) is 4.06. The molecule has 0 saturated heterocycles. The van der Waals surface area contributed by atoms with Crippen LogP contribution in [0.5, 0.6) is 0 Å². The molecule has 0 fully saturated rings. The Bertz CT molecular complexity index is 750. The number of nitrogens with one attached hydrogen (secondary N) is 1. The zero-order chi connectivity index (χ0) is 15.5. The topological polar surface area (TPSA) is 58.5 Å². The Balaban J connectivity index is 2.16. The largest absolute Gasteiger partial charge is 0.276 e. The minimum Gasteiger partial charge on any atom is -0.200 e. The van der Waals surface area contributed by atoms with Gasteiger partial charge in [-0.25, -0.2) is 0 Å². The highest BCUT2D eigenvalue weighted by molar-refractivity contribution is 7.89. The molecule has 0 saturated carbocycles. The second kappa shape index (κ2) is 6.60. The quantitative estimate of drug-likeness (QED) is 0.665. The smallest absolute Gasteiger partial charge is 0.200 e. The summed E-state index contributed by atoms with van der Waals surface area (Å²) in [5.41, 5.74) is 0.636. The molecule has 0 unspecified atom stereocenters. The third-order valence-electron chi connectivity index (χ3n) is 2.82. The van der Waals surface area contributed by atoms with Crippen molar-refractivity contribution in [1.82, 2.24) is 4.83 Å². The molecule has 0 radical (unpaired) electrons. The summed E-state index contributed by atoms with van der Waals surface area (Å²) in [6, 6.07) is 9.90. The van der Waals surface area contributed by atoms with Crippen LogP contribution in [0.15, 0.2) is 46.4 Å². The molecule has 1 N–H and O–H groups in total. The van der Waals surface area contributed by atoms with Gasteiger partial charge in [-0.05, 0) is 49.7 Å². The lowest BCUT2D eigenvalue weighted by atomic mass is 10.3. The number of benzene rings is 1. The molecule has 0 spiro atoms. The highest BCUT2D eigenvalue weighted by Crippen LogP contribution is 2.18. The molecule has 2 aromatic rings. The van der Waals surface area contributed by atoms with Gasteiger partial charge in [0.15, 0.2) is 0 Å². The van der Waals surface area contributed by atoms with Crippen molar-refractivity contribution >= 4 is 38.7 Å². The second-order valence-electron chi connectivity index (χ2n) is 4.37.